The van der Waals surface area contributed by atoms with Gasteiger partial charge in [-0.05, 0) is 19.5 Å². The van der Waals surface area contributed by atoms with E-state index in [1.807, 2.05) is 6.92 Å². The molecule has 0 bridgehead atoms. The number of nitrogen functional groups attached to an aromatic ring is 1. The van der Waals surface area contributed by atoms with Gasteiger partial charge in [-0.25, -0.2) is 4.98 Å². The summed E-state index contributed by atoms with van der Waals surface area (Å²) < 4.78 is 0. The molecule has 0 unspecified atom stereocenters. The van der Waals surface area contributed by atoms with E-state index in [-0.39, 0.29) is 5.56 Å². The van der Waals surface area contributed by atoms with Gasteiger partial charge in [0, 0.05) is 13.0 Å². The van der Waals surface area contributed by atoms with E-state index < -0.39 is 0 Å². The average molecular weight is 252 g/mol. The van der Waals surface area contributed by atoms with Crippen molar-refractivity contribution < 1.29 is 0 Å². The number of nitrogens with two attached hydrogens (primary N) is 1. The van der Waals surface area contributed by atoms with Crippen LogP contribution in [0.1, 0.15) is 38.6 Å². The Morgan fingerprint density at radius 2 is 1.89 bits per heavy atom. The predicted molar refractivity (Wildman–Crippen MR) is 74.8 cm³/mol. The number of H-pyrrole nitrogens is 1. The van der Waals surface area contributed by atoms with Gasteiger partial charge in [0.25, 0.3) is 5.56 Å². The first kappa shape index (κ1) is 14.7. The maximum absolute atomic E-state index is 11.8. The van der Waals surface area contributed by atoms with Crippen LogP contribution in [0.3, 0.4) is 0 Å². The lowest BCUT2D eigenvalue weighted by Crippen LogP contribution is -2.27. The van der Waals surface area contributed by atoms with E-state index in [1.165, 1.54) is 0 Å². The highest BCUT2D eigenvalue weighted by Gasteiger charge is 2.08. The molecule has 0 saturated heterocycles. The molecule has 3 N–H and O–H groups in total. The number of likely N-dealkylation sites (N-methyl/N-ethyl adjacent to an activating group) is 1. The summed E-state index contributed by atoms with van der Waals surface area (Å²) in [5, 5.41) is 0. The minimum Gasteiger partial charge on any atom is -0.383 e. The van der Waals surface area contributed by atoms with Crippen LogP contribution in [0.2, 0.25) is 0 Å². The van der Waals surface area contributed by atoms with Gasteiger partial charge in [-0.3, -0.25) is 4.79 Å². The highest BCUT2D eigenvalue weighted by Crippen LogP contribution is 2.06. The molecule has 102 valence electrons. The van der Waals surface area contributed by atoms with Crippen LogP contribution in [-0.4, -0.2) is 34.5 Å². The smallest absolute Gasteiger partial charge is 0.256 e. The van der Waals surface area contributed by atoms with Gasteiger partial charge in [-0.15, -0.1) is 0 Å². The Balaban J connectivity index is 2.77. The first-order valence-electron chi connectivity index (χ1n) is 6.72. The fourth-order valence-corrected chi connectivity index (χ4v) is 1.98. The van der Waals surface area contributed by atoms with Crippen LogP contribution in [0.15, 0.2) is 4.79 Å². The number of aromatic amines is 1. The van der Waals surface area contributed by atoms with Gasteiger partial charge in [-0.1, -0.05) is 27.2 Å². The van der Waals surface area contributed by atoms with Crippen LogP contribution >= 0.6 is 0 Å². The molecular formula is C13H24N4O. The summed E-state index contributed by atoms with van der Waals surface area (Å²) in [6, 6.07) is 0. The third-order valence-electron chi connectivity index (χ3n) is 3.16. The summed E-state index contributed by atoms with van der Waals surface area (Å²) in [6.07, 6.45) is 2.31. The standard InChI is InChI=1S/C13H24N4O/c1-4-7-10-12(14)15-11(16-13(10)18)8-9-17(5-2)6-3/h4-9H2,1-3H3,(H3,14,15,16,18). The summed E-state index contributed by atoms with van der Waals surface area (Å²) in [4.78, 5) is 21.3. The van der Waals surface area contributed by atoms with Crippen LogP contribution in [-0.2, 0) is 12.8 Å². The zero-order valence-corrected chi connectivity index (χ0v) is 11.6. The molecule has 0 aliphatic rings. The molecular weight excluding hydrogens is 228 g/mol. The zero-order chi connectivity index (χ0) is 13.5. The number of aromatic nitrogens is 2. The SMILES string of the molecule is CCCc1c(N)nc(CCN(CC)CC)[nH]c1=O. The van der Waals surface area contributed by atoms with E-state index in [2.05, 4.69) is 28.7 Å². The van der Waals surface area contributed by atoms with Crippen molar-refractivity contribution in [2.24, 2.45) is 0 Å². The van der Waals surface area contributed by atoms with E-state index in [4.69, 9.17) is 5.73 Å². The van der Waals surface area contributed by atoms with Crippen LogP contribution < -0.4 is 11.3 Å². The molecule has 0 aliphatic carbocycles. The molecule has 1 heterocycles. The van der Waals surface area contributed by atoms with E-state index in [1.54, 1.807) is 0 Å². The molecule has 0 fully saturated rings. The lowest BCUT2D eigenvalue weighted by molar-refractivity contribution is 0.305. The van der Waals surface area contributed by atoms with Gasteiger partial charge >= 0.3 is 0 Å². The molecule has 0 saturated carbocycles. The van der Waals surface area contributed by atoms with Gasteiger partial charge in [0.2, 0.25) is 0 Å². The number of anilines is 1. The third-order valence-corrected chi connectivity index (χ3v) is 3.16. The van der Waals surface area contributed by atoms with Gasteiger partial charge in [0.15, 0.2) is 0 Å². The monoisotopic (exact) mass is 252 g/mol. The number of rotatable bonds is 7. The second-order valence-electron chi connectivity index (χ2n) is 4.40. The van der Waals surface area contributed by atoms with Crippen molar-refractivity contribution in [1.29, 1.82) is 0 Å². The maximum Gasteiger partial charge on any atom is 0.256 e. The first-order valence-corrected chi connectivity index (χ1v) is 6.72. The Kier molecular flexibility index (Phi) is 5.85. The Bertz CT molecular complexity index is 423. The van der Waals surface area contributed by atoms with Gasteiger partial charge in [-0.2, -0.15) is 0 Å². The fraction of sp³-hybridized carbons (Fsp3) is 0.692. The second-order valence-corrected chi connectivity index (χ2v) is 4.40. The van der Waals surface area contributed by atoms with Crippen LogP contribution in [0.25, 0.3) is 0 Å². The molecule has 1 aromatic heterocycles. The molecule has 0 amide bonds. The van der Waals surface area contributed by atoms with E-state index in [9.17, 15) is 4.79 Å². The summed E-state index contributed by atoms with van der Waals surface area (Å²) >= 11 is 0. The number of hydrogen-bond acceptors (Lipinski definition) is 4. The second kappa shape index (κ2) is 7.16. The quantitative estimate of drug-likeness (QED) is 0.764. The number of nitrogens with one attached hydrogen (secondary N) is 1. The molecule has 0 aromatic carbocycles. The van der Waals surface area contributed by atoms with Gasteiger partial charge < -0.3 is 15.6 Å². The molecule has 5 nitrogen and oxygen atoms in total. The van der Waals surface area contributed by atoms with Crippen LogP contribution in [0, 0.1) is 0 Å². The molecule has 0 radical (unpaired) electrons. The van der Waals surface area contributed by atoms with Crippen molar-refractivity contribution in [3.63, 3.8) is 0 Å². The molecule has 1 rings (SSSR count). The minimum atomic E-state index is -0.0844. The Morgan fingerprint density at radius 3 is 2.39 bits per heavy atom. The largest absolute Gasteiger partial charge is 0.383 e. The normalized spacial score (nSPS) is 11.1. The lowest BCUT2D eigenvalue weighted by atomic mass is 10.2. The summed E-state index contributed by atoms with van der Waals surface area (Å²) in [5.74, 6) is 1.07. The zero-order valence-electron chi connectivity index (χ0n) is 11.6. The van der Waals surface area contributed by atoms with Crippen molar-refractivity contribution in [1.82, 2.24) is 14.9 Å². The van der Waals surface area contributed by atoms with Gasteiger partial charge in [0.1, 0.15) is 11.6 Å². The third kappa shape index (κ3) is 3.84. The summed E-state index contributed by atoms with van der Waals surface area (Å²) in [6.45, 7) is 9.17. The maximum atomic E-state index is 11.8. The van der Waals surface area contributed by atoms with Crippen molar-refractivity contribution in [2.45, 2.75) is 40.0 Å². The molecule has 1 aromatic rings. The average Bonchev–Trinajstić information content (AvgIpc) is 2.35. The summed E-state index contributed by atoms with van der Waals surface area (Å²) in [7, 11) is 0. The molecule has 0 atom stereocenters. The fourth-order valence-electron chi connectivity index (χ4n) is 1.98. The Morgan fingerprint density at radius 1 is 1.22 bits per heavy atom. The molecule has 18 heavy (non-hydrogen) atoms. The van der Waals surface area contributed by atoms with Crippen molar-refractivity contribution >= 4 is 5.82 Å². The van der Waals surface area contributed by atoms with E-state index in [0.717, 1.165) is 32.5 Å². The van der Waals surface area contributed by atoms with Crippen molar-refractivity contribution in [2.75, 3.05) is 25.4 Å². The molecule has 0 spiro atoms. The number of hydrogen-bond donors (Lipinski definition) is 2. The van der Waals surface area contributed by atoms with Crippen molar-refractivity contribution in [3.8, 4) is 0 Å². The van der Waals surface area contributed by atoms with Crippen molar-refractivity contribution in [3.05, 3.63) is 21.7 Å². The Hall–Kier alpha value is -1.36. The lowest BCUT2D eigenvalue weighted by Gasteiger charge is -2.17. The molecule has 5 heteroatoms. The number of nitrogens with zero attached hydrogens (tertiary/aromatic N) is 2. The topological polar surface area (TPSA) is 75.0 Å². The Labute approximate surface area is 108 Å². The highest BCUT2D eigenvalue weighted by atomic mass is 16.1. The van der Waals surface area contributed by atoms with Gasteiger partial charge in [0.05, 0.1) is 5.56 Å². The highest BCUT2D eigenvalue weighted by molar-refractivity contribution is 5.37. The predicted octanol–water partition coefficient (Wildman–Crippen LogP) is 1.19. The van der Waals surface area contributed by atoms with E-state index >= 15 is 0 Å². The van der Waals surface area contributed by atoms with Crippen LogP contribution in [0.4, 0.5) is 5.82 Å². The van der Waals surface area contributed by atoms with E-state index in [0.29, 0.717) is 23.6 Å². The first-order chi connectivity index (χ1) is 8.62. The minimum absolute atomic E-state index is 0.0844. The summed E-state index contributed by atoms with van der Waals surface area (Å²) in [5.41, 5.74) is 6.37. The molecule has 0 aliphatic heterocycles. The van der Waals surface area contributed by atoms with Crippen LogP contribution in [0.5, 0.6) is 0 Å².